The molecule has 1 N–H and O–H groups in total. The van der Waals surface area contributed by atoms with Crippen LogP contribution in [0.4, 0.5) is 5.69 Å². The van der Waals surface area contributed by atoms with Gasteiger partial charge in [-0.1, -0.05) is 73.1 Å². The van der Waals surface area contributed by atoms with Crippen molar-refractivity contribution in [2.24, 2.45) is 5.92 Å². The van der Waals surface area contributed by atoms with E-state index in [0.29, 0.717) is 22.3 Å². The van der Waals surface area contributed by atoms with Crippen molar-refractivity contribution in [1.82, 2.24) is 14.8 Å². The normalized spacial score (nSPS) is 14.7. The molecule has 1 fully saturated rings. The van der Waals surface area contributed by atoms with Crippen LogP contribution in [0.15, 0.2) is 36.0 Å². The summed E-state index contributed by atoms with van der Waals surface area (Å²) < 4.78 is 2.06. The molecule has 2 aromatic rings. The Balaban J connectivity index is 1.57. The van der Waals surface area contributed by atoms with Crippen LogP contribution in [0.5, 0.6) is 0 Å². The van der Waals surface area contributed by atoms with Crippen LogP contribution in [-0.2, 0) is 17.8 Å². The third-order valence-corrected chi connectivity index (χ3v) is 6.49. The standard InChI is InChI=1S/C21H26Cl2N4OS/c1-2-10-27-19(9-8-15-6-4-3-5-7-15)25-26-21(27)29-14-20(28)24-18-12-16(22)11-17(23)13-18/h2,11-13,15H,1,3-10,14H2,(H,24,28). The number of benzene rings is 1. The molecule has 1 amide bonds. The number of nitrogens with one attached hydrogen (secondary N) is 1. The highest BCUT2D eigenvalue weighted by molar-refractivity contribution is 7.99. The number of aryl methyl sites for hydroxylation is 1. The smallest absolute Gasteiger partial charge is 0.234 e. The van der Waals surface area contributed by atoms with Crippen LogP contribution in [0.25, 0.3) is 0 Å². The minimum Gasteiger partial charge on any atom is -0.325 e. The number of carbonyl (C=O) groups excluding carboxylic acids is 1. The number of allylic oxidation sites excluding steroid dienone is 1. The van der Waals surface area contributed by atoms with E-state index in [1.807, 2.05) is 6.08 Å². The highest BCUT2D eigenvalue weighted by atomic mass is 35.5. The summed E-state index contributed by atoms with van der Waals surface area (Å²) in [4.78, 5) is 12.3. The number of halogens is 2. The first-order valence-corrected chi connectivity index (χ1v) is 11.7. The van der Waals surface area contributed by atoms with E-state index in [0.717, 1.165) is 29.7 Å². The molecule has 1 aliphatic carbocycles. The quantitative estimate of drug-likeness (QED) is 0.373. The van der Waals surface area contributed by atoms with Gasteiger partial charge >= 0.3 is 0 Å². The Morgan fingerprint density at radius 3 is 2.62 bits per heavy atom. The number of thioether (sulfide) groups is 1. The summed E-state index contributed by atoms with van der Waals surface area (Å²) in [6, 6.07) is 4.96. The number of anilines is 1. The van der Waals surface area contributed by atoms with Gasteiger partial charge in [0.05, 0.1) is 5.75 Å². The molecule has 1 aliphatic rings. The second-order valence-electron chi connectivity index (χ2n) is 7.34. The van der Waals surface area contributed by atoms with E-state index in [1.54, 1.807) is 18.2 Å². The number of rotatable bonds is 9. The molecular weight excluding hydrogens is 427 g/mol. The summed E-state index contributed by atoms with van der Waals surface area (Å²) in [5.74, 6) is 1.84. The van der Waals surface area contributed by atoms with Gasteiger partial charge in [-0.05, 0) is 30.5 Å². The van der Waals surface area contributed by atoms with Crippen LogP contribution in [0.2, 0.25) is 10.0 Å². The maximum Gasteiger partial charge on any atom is 0.234 e. The Morgan fingerprint density at radius 1 is 1.21 bits per heavy atom. The number of amides is 1. The van der Waals surface area contributed by atoms with Gasteiger partial charge in [-0.25, -0.2) is 0 Å². The van der Waals surface area contributed by atoms with Crippen LogP contribution < -0.4 is 5.32 Å². The Bertz CT molecular complexity index is 829. The average Bonchev–Trinajstić information content (AvgIpc) is 3.07. The molecule has 1 aromatic carbocycles. The van der Waals surface area contributed by atoms with Gasteiger partial charge < -0.3 is 9.88 Å². The minimum atomic E-state index is -0.148. The van der Waals surface area contributed by atoms with E-state index in [1.165, 1.54) is 43.9 Å². The largest absolute Gasteiger partial charge is 0.325 e. The van der Waals surface area contributed by atoms with Gasteiger partial charge in [0.1, 0.15) is 5.82 Å². The highest BCUT2D eigenvalue weighted by Crippen LogP contribution is 2.28. The fraction of sp³-hybridized carbons (Fsp3) is 0.476. The summed E-state index contributed by atoms with van der Waals surface area (Å²) in [5, 5.41) is 13.2. The lowest BCUT2D eigenvalue weighted by Crippen LogP contribution is -2.15. The topological polar surface area (TPSA) is 59.8 Å². The molecule has 0 unspecified atom stereocenters. The molecule has 29 heavy (non-hydrogen) atoms. The second-order valence-corrected chi connectivity index (χ2v) is 9.15. The molecule has 0 aliphatic heterocycles. The predicted molar refractivity (Wildman–Crippen MR) is 121 cm³/mol. The van der Waals surface area contributed by atoms with E-state index in [-0.39, 0.29) is 11.7 Å². The van der Waals surface area contributed by atoms with Crippen LogP contribution in [0.3, 0.4) is 0 Å². The van der Waals surface area contributed by atoms with Gasteiger partial charge in [0, 0.05) is 28.7 Å². The molecule has 156 valence electrons. The summed E-state index contributed by atoms with van der Waals surface area (Å²) >= 11 is 13.3. The predicted octanol–water partition coefficient (Wildman–Crippen LogP) is 6.01. The van der Waals surface area contributed by atoms with Crippen LogP contribution in [0.1, 0.15) is 44.3 Å². The second kappa shape index (κ2) is 11.0. The fourth-order valence-corrected chi connectivity index (χ4v) is 4.98. The average molecular weight is 453 g/mol. The van der Waals surface area contributed by atoms with E-state index in [9.17, 15) is 4.79 Å². The van der Waals surface area contributed by atoms with Gasteiger partial charge in [-0.3, -0.25) is 4.79 Å². The number of hydrogen-bond donors (Lipinski definition) is 1. The fourth-order valence-electron chi connectivity index (χ4n) is 3.69. The summed E-state index contributed by atoms with van der Waals surface area (Å²) in [6.07, 6.45) is 10.6. The SMILES string of the molecule is C=CCn1c(CCC2CCCCC2)nnc1SCC(=O)Nc1cc(Cl)cc(Cl)c1. The molecule has 1 aromatic heterocycles. The zero-order valence-corrected chi connectivity index (χ0v) is 18.7. The third-order valence-electron chi connectivity index (χ3n) is 5.08. The summed E-state index contributed by atoms with van der Waals surface area (Å²) in [6.45, 7) is 4.49. The van der Waals surface area contributed by atoms with E-state index in [4.69, 9.17) is 23.2 Å². The van der Waals surface area contributed by atoms with E-state index in [2.05, 4.69) is 26.7 Å². The first kappa shape index (κ1) is 22.2. The van der Waals surface area contributed by atoms with Crippen molar-refractivity contribution in [1.29, 1.82) is 0 Å². The van der Waals surface area contributed by atoms with Gasteiger partial charge in [0.2, 0.25) is 5.91 Å². The molecule has 0 radical (unpaired) electrons. The molecule has 0 spiro atoms. The molecule has 1 saturated carbocycles. The molecule has 1 heterocycles. The van der Waals surface area contributed by atoms with E-state index < -0.39 is 0 Å². The van der Waals surface area contributed by atoms with Crippen molar-refractivity contribution < 1.29 is 4.79 Å². The summed E-state index contributed by atoms with van der Waals surface area (Å²) in [5.41, 5.74) is 0.578. The van der Waals surface area contributed by atoms with Crippen molar-refractivity contribution >= 4 is 46.6 Å². The lowest BCUT2D eigenvalue weighted by Gasteiger charge is -2.21. The first-order chi connectivity index (χ1) is 14.0. The van der Waals surface area contributed by atoms with E-state index >= 15 is 0 Å². The van der Waals surface area contributed by atoms with Crippen LogP contribution in [-0.4, -0.2) is 26.4 Å². The minimum absolute atomic E-state index is 0.148. The van der Waals surface area contributed by atoms with Crippen molar-refractivity contribution in [3.63, 3.8) is 0 Å². The van der Waals surface area contributed by atoms with Gasteiger partial charge in [-0.2, -0.15) is 0 Å². The monoisotopic (exact) mass is 452 g/mol. The molecule has 8 heteroatoms. The van der Waals surface area contributed by atoms with Gasteiger partial charge in [0.15, 0.2) is 5.16 Å². The number of nitrogens with zero attached hydrogens (tertiary/aromatic N) is 3. The maximum atomic E-state index is 12.3. The molecule has 0 bridgehead atoms. The zero-order valence-electron chi connectivity index (χ0n) is 16.4. The van der Waals surface area contributed by atoms with Gasteiger partial charge in [0.25, 0.3) is 0 Å². The van der Waals surface area contributed by atoms with Crippen molar-refractivity contribution in [3.8, 4) is 0 Å². The van der Waals surface area contributed by atoms with Crippen LogP contribution >= 0.6 is 35.0 Å². The lowest BCUT2D eigenvalue weighted by molar-refractivity contribution is -0.113. The molecular formula is C21H26Cl2N4OS. The lowest BCUT2D eigenvalue weighted by atomic mass is 9.86. The molecule has 0 saturated heterocycles. The molecule has 0 atom stereocenters. The molecule has 3 rings (SSSR count). The summed E-state index contributed by atoms with van der Waals surface area (Å²) in [7, 11) is 0. The Labute approximate surface area is 186 Å². The number of aromatic nitrogens is 3. The number of hydrogen-bond acceptors (Lipinski definition) is 4. The van der Waals surface area contributed by atoms with Gasteiger partial charge in [-0.15, -0.1) is 16.8 Å². The number of carbonyl (C=O) groups is 1. The van der Waals surface area contributed by atoms with Crippen molar-refractivity contribution in [3.05, 3.63) is 46.7 Å². The van der Waals surface area contributed by atoms with Crippen LogP contribution in [0, 0.1) is 5.92 Å². The van der Waals surface area contributed by atoms with Crippen molar-refractivity contribution in [2.75, 3.05) is 11.1 Å². The molecule has 5 nitrogen and oxygen atoms in total. The third kappa shape index (κ3) is 6.76. The Morgan fingerprint density at radius 2 is 1.93 bits per heavy atom. The Kier molecular flexibility index (Phi) is 8.45. The zero-order chi connectivity index (χ0) is 20.6. The Hall–Kier alpha value is -1.50. The maximum absolute atomic E-state index is 12.3. The highest BCUT2D eigenvalue weighted by Gasteiger charge is 2.17. The first-order valence-electron chi connectivity index (χ1n) is 9.97. The van der Waals surface area contributed by atoms with Crippen molar-refractivity contribution in [2.45, 2.75) is 56.6 Å².